The fourth-order valence-electron chi connectivity index (χ4n) is 1.24. The van der Waals surface area contributed by atoms with Crippen molar-refractivity contribution in [3.05, 3.63) is 24.2 Å². The maximum Gasteiger partial charge on any atom is 0.289 e. The van der Waals surface area contributed by atoms with Gasteiger partial charge in [-0.05, 0) is 26.0 Å². The van der Waals surface area contributed by atoms with E-state index >= 15 is 0 Å². The molecule has 16 heavy (non-hydrogen) atoms. The summed E-state index contributed by atoms with van der Waals surface area (Å²) >= 11 is 0. The molecule has 0 saturated heterocycles. The lowest BCUT2D eigenvalue weighted by Gasteiger charge is -2.16. The van der Waals surface area contributed by atoms with E-state index in [1.165, 1.54) is 11.2 Å². The van der Waals surface area contributed by atoms with Gasteiger partial charge in [-0.15, -0.1) is 0 Å². The van der Waals surface area contributed by atoms with Crippen LogP contribution in [0, 0.1) is 0 Å². The fraction of sp³-hybridized carbons (Fsp3) is 0.455. The molecule has 0 bridgehead atoms. The van der Waals surface area contributed by atoms with Crippen LogP contribution in [0.1, 0.15) is 24.4 Å². The standard InChI is InChI=1S/C11H16N2O3/c1-8(2)12-10(14)7-13(3)11(15)9-5-4-6-16-9/h4-6,8H,7H2,1-3H3,(H,12,14). The molecule has 5 heteroatoms. The van der Waals surface area contributed by atoms with Gasteiger partial charge in [-0.3, -0.25) is 9.59 Å². The minimum absolute atomic E-state index is 0.0255. The van der Waals surface area contributed by atoms with Gasteiger partial charge < -0.3 is 14.6 Å². The van der Waals surface area contributed by atoms with Crippen LogP contribution in [0.3, 0.4) is 0 Å². The lowest BCUT2D eigenvalue weighted by atomic mass is 10.3. The third-order valence-corrected chi connectivity index (χ3v) is 1.91. The maximum atomic E-state index is 11.7. The predicted octanol–water partition coefficient (Wildman–Crippen LogP) is 0.876. The Bertz CT molecular complexity index is 357. The molecule has 0 fully saturated rings. The van der Waals surface area contributed by atoms with E-state index in [0.717, 1.165) is 0 Å². The SMILES string of the molecule is CC(C)NC(=O)CN(C)C(=O)c1ccco1. The zero-order valence-corrected chi connectivity index (χ0v) is 9.69. The van der Waals surface area contributed by atoms with Crippen LogP contribution < -0.4 is 5.32 Å². The second-order valence-electron chi connectivity index (χ2n) is 3.86. The Morgan fingerprint density at radius 2 is 2.19 bits per heavy atom. The first-order valence-electron chi connectivity index (χ1n) is 5.09. The zero-order chi connectivity index (χ0) is 12.1. The highest BCUT2D eigenvalue weighted by molar-refractivity contribution is 5.94. The van der Waals surface area contributed by atoms with Crippen molar-refractivity contribution < 1.29 is 14.0 Å². The van der Waals surface area contributed by atoms with Crippen molar-refractivity contribution in [1.29, 1.82) is 0 Å². The zero-order valence-electron chi connectivity index (χ0n) is 9.69. The number of likely N-dealkylation sites (N-methyl/N-ethyl adjacent to an activating group) is 1. The Hall–Kier alpha value is -1.78. The van der Waals surface area contributed by atoms with E-state index in [2.05, 4.69) is 5.32 Å². The molecule has 0 aliphatic carbocycles. The van der Waals surface area contributed by atoms with Gasteiger partial charge in [0, 0.05) is 13.1 Å². The van der Waals surface area contributed by atoms with Crippen LogP contribution in [-0.2, 0) is 4.79 Å². The van der Waals surface area contributed by atoms with Gasteiger partial charge in [0.25, 0.3) is 5.91 Å². The molecule has 5 nitrogen and oxygen atoms in total. The highest BCUT2D eigenvalue weighted by atomic mass is 16.3. The second-order valence-corrected chi connectivity index (χ2v) is 3.86. The summed E-state index contributed by atoms with van der Waals surface area (Å²) in [4.78, 5) is 24.4. The number of furan rings is 1. The minimum atomic E-state index is -0.302. The Morgan fingerprint density at radius 3 is 2.69 bits per heavy atom. The highest BCUT2D eigenvalue weighted by Crippen LogP contribution is 2.03. The minimum Gasteiger partial charge on any atom is -0.459 e. The van der Waals surface area contributed by atoms with Crippen LogP contribution in [0.4, 0.5) is 0 Å². The lowest BCUT2D eigenvalue weighted by Crippen LogP contribution is -2.40. The molecule has 0 aliphatic rings. The normalized spacial score (nSPS) is 10.2. The van der Waals surface area contributed by atoms with Crippen molar-refractivity contribution in [2.45, 2.75) is 19.9 Å². The lowest BCUT2D eigenvalue weighted by molar-refractivity contribution is -0.122. The molecule has 1 rings (SSSR count). The topological polar surface area (TPSA) is 62.6 Å². The van der Waals surface area contributed by atoms with Crippen molar-refractivity contribution in [2.24, 2.45) is 0 Å². The van der Waals surface area contributed by atoms with Gasteiger partial charge in [-0.2, -0.15) is 0 Å². The number of carbonyl (C=O) groups excluding carboxylic acids is 2. The summed E-state index contributed by atoms with van der Waals surface area (Å²) in [6.45, 7) is 3.76. The molecule has 1 aromatic rings. The Kier molecular flexibility index (Phi) is 4.10. The molecule has 1 N–H and O–H groups in total. The van der Waals surface area contributed by atoms with Gasteiger partial charge in [0.15, 0.2) is 5.76 Å². The maximum absolute atomic E-state index is 11.7. The number of nitrogens with one attached hydrogen (secondary N) is 1. The van der Waals surface area contributed by atoms with E-state index in [1.807, 2.05) is 13.8 Å². The summed E-state index contributed by atoms with van der Waals surface area (Å²) in [6.07, 6.45) is 1.43. The van der Waals surface area contributed by atoms with Crippen molar-refractivity contribution >= 4 is 11.8 Å². The average molecular weight is 224 g/mol. The number of rotatable bonds is 4. The van der Waals surface area contributed by atoms with Gasteiger partial charge >= 0.3 is 0 Å². The Balaban J connectivity index is 2.49. The third-order valence-electron chi connectivity index (χ3n) is 1.91. The Labute approximate surface area is 94.4 Å². The summed E-state index contributed by atoms with van der Waals surface area (Å²) in [5.74, 6) is -0.249. The summed E-state index contributed by atoms with van der Waals surface area (Å²) in [6, 6.07) is 3.27. The smallest absolute Gasteiger partial charge is 0.289 e. The number of nitrogens with zero attached hydrogens (tertiary/aromatic N) is 1. The van der Waals surface area contributed by atoms with Crippen LogP contribution in [0.2, 0.25) is 0 Å². The first-order chi connectivity index (χ1) is 7.50. The summed E-state index contributed by atoms with van der Waals surface area (Å²) in [7, 11) is 1.56. The predicted molar refractivity (Wildman–Crippen MR) is 58.9 cm³/mol. The van der Waals surface area contributed by atoms with Gasteiger partial charge in [-0.1, -0.05) is 0 Å². The summed E-state index contributed by atoms with van der Waals surface area (Å²) in [5, 5.41) is 2.71. The van der Waals surface area contributed by atoms with E-state index in [9.17, 15) is 9.59 Å². The number of carbonyl (C=O) groups is 2. The number of hydrogen-bond acceptors (Lipinski definition) is 3. The molecule has 0 aliphatic heterocycles. The van der Waals surface area contributed by atoms with E-state index in [4.69, 9.17) is 4.42 Å². The van der Waals surface area contributed by atoms with Gasteiger partial charge in [0.05, 0.1) is 12.8 Å². The fourth-order valence-corrected chi connectivity index (χ4v) is 1.24. The first kappa shape index (κ1) is 12.3. The third kappa shape index (κ3) is 3.42. The molecular formula is C11H16N2O3. The Morgan fingerprint density at radius 1 is 1.50 bits per heavy atom. The number of amides is 2. The quantitative estimate of drug-likeness (QED) is 0.825. The monoisotopic (exact) mass is 224 g/mol. The van der Waals surface area contributed by atoms with Crippen molar-refractivity contribution in [3.63, 3.8) is 0 Å². The van der Waals surface area contributed by atoms with Crippen LogP contribution in [0.5, 0.6) is 0 Å². The molecule has 0 aromatic carbocycles. The van der Waals surface area contributed by atoms with Crippen LogP contribution in [0.25, 0.3) is 0 Å². The molecule has 0 radical (unpaired) electrons. The molecular weight excluding hydrogens is 208 g/mol. The summed E-state index contributed by atoms with van der Waals surface area (Å²) in [5.41, 5.74) is 0. The highest BCUT2D eigenvalue weighted by Gasteiger charge is 2.17. The van der Waals surface area contributed by atoms with Crippen LogP contribution in [0.15, 0.2) is 22.8 Å². The molecule has 1 aromatic heterocycles. The van der Waals surface area contributed by atoms with Gasteiger partial charge in [0.1, 0.15) is 0 Å². The van der Waals surface area contributed by atoms with Crippen molar-refractivity contribution in [3.8, 4) is 0 Å². The average Bonchev–Trinajstić information content (AvgIpc) is 2.67. The van der Waals surface area contributed by atoms with E-state index in [0.29, 0.717) is 0 Å². The number of hydrogen-bond donors (Lipinski definition) is 1. The van der Waals surface area contributed by atoms with Crippen molar-refractivity contribution in [1.82, 2.24) is 10.2 Å². The van der Waals surface area contributed by atoms with Crippen LogP contribution in [-0.4, -0.2) is 36.3 Å². The van der Waals surface area contributed by atoms with Crippen molar-refractivity contribution in [2.75, 3.05) is 13.6 Å². The van der Waals surface area contributed by atoms with Gasteiger partial charge in [0.2, 0.25) is 5.91 Å². The molecule has 0 unspecified atom stereocenters. The van der Waals surface area contributed by atoms with E-state index in [1.54, 1.807) is 19.2 Å². The first-order valence-corrected chi connectivity index (χ1v) is 5.09. The summed E-state index contributed by atoms with van der Waals surface area (Å²) < 4.78 is 4.96. The molecule has 2 amide bonds. The molecule has 1 heterocycles. The largest absolute Gasteiger partial charge is 0.459 e. The molecule has 0 spiro atoms. The van der Waals surface area contributed by atoms with E-state index in [-0.39, 0.29) is 30.2 Å². The molecule has 0 atom stereocenters. The second kappa shape index (κ2) is 5.34. The molecule has 88 valence electrons. The van der Waals surface area contributed by atoms with Crippen LogP contribution >= 0.6 is 0 Å². The van der Waals surface area contributed by atoms with Gasteiger partial charge in [-0.25, -0.2) is 0 Å². The molecule has 0 saturated carbocycles. The van der Waals surface area contributed by atoms with E-state index < -0.39 is 0 Å².